The average molecular weight is 691 g/mol. The molecule has 0 unspecified atom stereocenters. The fourth-order valence-corrected chi connectivity index (χ4v) is 7.27. The summed E-state index contributed by atoms with van der Waals surface area (Å²) in [5.74, 6) is -5.84. The molecule has 0 bridgehead atoms. The number of aliphatic hydroxyl groups excluding tert-OH is 2. The molecule has 14 heteroatoms. The van der Waals surface area contributed by atoms with E-state index in [4.69, 9.17) is 21.5 Å². The van der Waals surface area contributed by atoms with Crippen LogP contribution in [0.4, 0.5) is 27.6 Å². The van der Waals surface area contributed by atoms with Crippen LogP contribution in [0, 0.1) is 23.0 Å². The van der Waals surface area contributed by atoms with Crippen molar-refractivity contribution in [1.82, 2.24) is 5.32 Å². The summed E-state index contributed by atoms with van der Waals surface area (Å²) in [6, 6.07) is 7.68. The number of carbonyl (C=O) groups is 3. The second-order valence-corrected chi connectivity index (χ2v) is 13.8. The summed E-state index contributed by atoms with van der Waals surface area (Å²) in [5, 5.41) is 32.8. The van der Waals surface area contributed by atoms with Crippen molar-refractivity contribution in [2.45, 2.75) is 95.5 Å². The van der Waals surface area contributed by atoms with E-state index >= 15 is 0 Å². The molecule has 1 amide bonds. The van der Waals surface area contributed by atoms with Crippen molar-refractivity contribution in [1.29, 1.82) is 0 Å². The van der Waals surface area contributed by atoms with Crippen LogP contribution in [-0.4, -0.2) is 64.0 Å². The van der Waals surface area contributed by atoms with Crippen molar-refractivity contribution >= 4 is 34.9 Å². The number of carboxylic acid groups (broad SMARTS) is 1. The Bertz CT molecular complexity index is 1470. The number of aliphatic hydroxyl groups is 2. The van der Waals surface area contributed by atoms with Crippen molar-refractivity contribution in [3.63, 3.8) is 0 Å². The van der Waals surface area contributed by atoms with Crippen molar-refractivity contribution in [2.24, 2.45) is 11.3 Å². The van der Waals surface area contributed by atoms with Gasteiger partial charge in [-0.1, -0.05) is 51.4 Å². The maximum absolute atomic E-state index is 14.8. The highest BCUT2D eigenvalue weighted by Crippen LogP contribution is 2.57. The van der Waals surface area contributed by atoms with Gasteiger partial charge in [0.25, 0.3) is 0 Å². The predicted molar refractivity (Wildman–Crippen MR) is 165 cm³/mol. The van der Waals surface area contributed by atoms with Gasteiger partial charge in [-0.25, -0.2) is 13.6 Å². The van der Waals surface area contributed by atoms with E-state index < -0.39 is 65.8 Å². The lowest BCUT2D eigenvalue weighted by atomic mass is 9.61. The minimum atomic E-state index is -5.08. The molecule has 1 saturated heterocycles. The third-order valence-corrected chi connectivity index (χ3v) is 8.81. The number of aliphatic carboxylic acids is 1. The molecule has 0 saturated carbocycles. The van der Waals surface area contributed by atoms with Gasteiger partial charge < -0.3 is 26.0 Å². The van der Waals surface area contributed by atoms with Gasteiger partial charge in [-0.3, -0.25) is 9.59 Å². The molecular formula is C33H40ClF5N2O6. The molecule has 8 nitrogen and oxygen atoms in total. The Kier molecular flexibility index (Phi) is 12.2. The molecule has 2 aromatic carbocycles. The van der Waals surface area contributed by atoms with E-state index in [2.05, 4.69) is 38.3 Å². The lowest BCUT2D eigenvalue weighted by Crippen LogP contribution is -2.50. The first-order chi connectivity index (χ1) is 21.7. The van der Waals surface area contributed by atoms with E-state index in [1.54, 1.807) is 18.2 Å². The number of carbonyl (C=O) groups excluding carboxylic acids is 2. The molecule has 0 radical (unpaired) electrons. The highest BCUT2D eigenvalue weighted by molar-refractivity contribution is 6.30. The van der Waals surface area contributed by atoms with Gasteiger partial charge in [0.15, 0.2) is 11.6 Å². The van der Waals surface area contributed by atoms with Gasteiger partial charge in [-0.2, -0.15) is 13.2 Å². The predicted octanol–water partition coefficient (Wildman–Crippen LogP) is 6.12. The number of ketones is 1. The molecule has 5 atom stereocenters. The topological polar surface area (TPSA) is 136 Å². The molecule has 2 heterocycles. The Morgan fingerprint density at radius 2 is 1.70 bits per heavy atom. The van der Waals surface area contributed by atoms with Gasteiger partial charge in [-0.05, 0) is 66.3 Å². The number of amides is 1. The summed E-state index contributed by atoms with van der Waals surface area (Å²) in [5.41, 5.74) is -0.490. The van der Waals surface area contributed by atoms with Crippen LogP contribution in [0.5, 0.6) is 0 Å². The molecule has 260 valence electrons. The highest BCUT2D eigenvalue weighted by atomic mass is 35.5. The smallest absolute Gasteiger partial charge is 0.475 e. The Morgan fingerprint density at radius 3 is 2.26 bits per heavy atom. The van der Waals surface area contributed by atoms with Gasteiger partial charge in [-0.15, -0.1) is 0 Å². The van der Waals surface area contributed by atoms with E-state index in [1.807, 2.05) is 6.07 Å². The van der Waals surface area contributed by atoms with Crippen LogP contribution in [0.3, 0.4) is 0 Å². The molecule has 1 fully saturated rings. The zero-order chi connectivity index (χ0) is 35.5. The fourth-order valence-electron chi connectivity index (χ4n) is 7.07. The van der Waals surface area contributed by atoms with E-state index in [9.17, 15) is 41.8 Å². The van der Waals surface area contributed by atoms with E-state index in [0.29, 0.717) is 34.9 Å². The van der Waals surface area contributed by atoms with Crippen molar-refractivity contribution in [3.8, 4) is 0 Å². The van der Waals surface area contributed by atoms with E-state index in [0.717, 1.165) is 18.6 Å². The SMILES string of the molecule is CC(C)CC(C)(C)C[C@H]1N[C@@H](C(=O)CCC[C@H](O)CO)[C@H](c2cccc(Cl)c2)[C@@]12C(=O)Nc1cc(F)c(F)cc12.O=C(O)C(F)(F)F. The van der Waals surface area contributed by atoms with Crippen LogP contribution in [0.1, 0.15) is 76.8 Å². The second kappa shape index (κ2) is 15.0. The summed E-state index contributed by atoms with van der Waals surface area (Å²) in [6.07, 6.45) is -3.94. The molecule has 5 N–H and O–H groups in total. The first-order valence-corrected chi connectivity index (χ1v) is 15.6. The molecule has 0 aliphatic carbocycles. The second-order valence-electron chi connectivity index (χ2n) is 13.3. The van der Waals surface area contributed by atoms with Crippen LogP contribution in [0.25, 0.3) is 0 Å². The number of halogens is 6. The highest BCUT2D eigenvalue weighted by Gasteiger charge is 2.65. The van der Waals surface area contributed by atoms with Gasteiger partial charge in [0.2, 0.25) is 5.91 Å². The van der Waals surface area contributed by atoms with Gasteiger partial charge >= 0.3 is 12.1 Å². The maximum atomic E-state index is 14.8. The van der Waals surface area contributed by atoms with Crippen LogP contribution in [-0.2, 0) is 19.8 Å². The number of hydrogen-bond acceptors (Lipinski definition) is 6. The number of nitrogens with one attached hydrogen (secondary N) is 2. The molecule has 2 aliphatic rings. The van der Waals surface area contributed by atoms with Crippen LogP contribution >= 0.6 is 11.6 Å². The molecule has 1 spiro atoms. The molecule has 4 rings (SSSR count). The summed E-state index contributed by atoms with van der Waals surface area (Å²) in [4.78, 5) is 36.9. The first kappa shape index (κ1) is 38.3. The number of fused-ring (bicyclic) bond motifs is 2. The Balaban J connectivity index is 0.000000771. The third kappa shape index (κ3) is 8.67. The Labute approximate surface area is 274 Å². The minimum Gasteiger partial charge on any atom is -0.475 e. The zero-order valence-corrected chi connectivity index (χ0v) is 27.2. The molecule has 2 aliphatic heterocycles. The third-order valence-electron chi connectivity index (χ3n) is 8.57. The van der Waals surface area contributed by atoms with Gasteiger partial charge in [0.1, 0.15) is 11.2 Å². The minimum absolute atomic E-state index is 0.107. The standard InChI is InChI=1S/C31H39ClF2N2O4.C2HF3O2/c1-17(2)14-30(3,4)15-26-31(21-12-22(33)23(34)13-24(21)35-29(31)40)27(18-7-5-8-19(32)11-18)28(36-26)25(39)10-6-9-20(38)16-37;3-2(4,5)1(6)7/h5,7-8,11-13,17,20,26-28,36-38H,6,9-10,14-16H2,1-4H3,(H,35,40);(H,6,7)/t20-,26+,27-,28-,31-;/m0./s1. The quantitative estimate of drug-likeness (QED) is 0.179. The summed E-state index contributed by atoms with van der Waals surface area (Å²) >= 11 is 6.40. The molecule has 2 aromatic rings. The van der Waals surface area contributed by atoms with E-state index in [1.165, 1.54) is 0 Å². The molecule has 0 aromatic heterocycles. The molecular weight excluding hydrogens is 651 g/mol. The van der Waals surface area contributed by atoms with Crippen LogP contribution in [0.15, 0.2) is 36.4 Å². The first-order valence-electron chi connectivity index (χ1n) is 15.2. The fraction of sp³-hybridized carbons (Fsp3) is 0.545. The average Bonchev–Trinajstić information content (AvgIpc) is 3.42. The lowest BCUT2D eigenvalue weighted by Gasteiger charge is -2.39. The van der Waals surface area contributed by atoms with Crippen molar-refractivity contribution < 1.29 is 51.7 Å². The monoisotopic (exact) mass is 690 g/mol. The Hall–Kier alpha value is -3.13. The summed E-state index contributed by atoms with van der Waals surface area (Å²) in [6.45, 7) is 8.08. The van der Waals surface area contributed by atoms with Crippen LogP contribution in [0.2, 0.25) is 5.02 Å². The lowest BCUT2D eigenvalue weighted by molar-refractivity contribution is -0.192. The normalized spacial score (nSPS) is 22.9. The maximum Gasteiger partial charge on any atom is 0.490 e. The number of rotatable bonds is 11. The van der Waals surface area contributed by atoms with Crippen LogP contribution < -0.4 is 10.6 Å². The summed E-state index contributed by atoms with van der Waals surface area (Å²) in [7, 11) is 0. The number of carboxylic acids is 1. The number of anilines is 1. The van der Waals surface area contributed by atoms with Crippen molar-refractivity contribution in [3.05, 3.63) is 64.2 Å². The number of hydrogen-bond donors (Lipinski definition) is 5. The van der Waals surface area contributed by atoms with Gasteiger partial charge in [0, 0.05) is 35.2 Å². The number of alkyl halides is 3. The number of Topliss-reactive ketones (excluding diaryl/α,β-unsaturated/α-hetero) is 1. The van der Waals surface area contributed by atoms with Crippen molar-refractivity contribution in [2.75, 3.05) is 11.9 Å². The van der Waals surface area contributed by atoms with E-state index in [-0.39, 0.29) is 29.7 Å². The summed E-state index contributed by atoms with van der Waals surface area (Å²) < 4.78 is 60.9. The molecule has 47 heavy (non-hydrogen) atoms. The van der Waals surface area contributed by atoms with Gasteiger partial charge in [0.05, 0.1) is 18.8 Å². The number of benzene rings is 2. The Morgan fingerprint density at radius 1 is 1.09 bits per heavy atom. The largest absolute Gasteiger partial charge is 0.490 e. The zero-order valence-electron chi connectivity index (χ0n) is 26.4.